The van der Waals surface area contributed by atoms with E-state index in [1.165, 1.54) is 42.4 Å². The van der Waals surface area contributed by atoms with E-state index in [2.05, 4.69) is 27.8 Å². The van der Waals surface area contributed by atoms with Gasteiger partial charge in [0.05, 0.1) is 12.2 Å². The highest BCUT2D eigenvalue weighted by atomic mass is 32.2. The van der Waals surface area contributed by atoms with Gasteiger partial charge in [0, 0.05) is 18.3 Å². The van der Waals surface area contributed by atoms with Crippen LogP contribution in [0.15, 0.2) is 29.4 Å². The minimum atomic E-state index is -0.359. The SMILES string of the molecule is CCn1c(CC(=O)Nc2ccc(F)cc2)nnc1SCC(=O)N[C@@H]1CCCC[C@@H]1C. The number of hydrogen-bond donors (Lipinski definition) is 2. The summed E-state index contributed by atoms with van der Waals surface area (Å²) < 4.78 is 14.8. The zero-order valence-electron chi connectivity index (χ0n) is 17.4. The minimum absolute atomic E-state index is 0.00000550. The third kappa shape index (κ3) is 6.04. The lowest BCUT2D eigenvalue weighted by Gasteiger charge is -2.29. The number of carbonyl (C=O) groups excluding carboxylic acids is 2. The molecular weight excluding hydrogens is 405 g/mol. The molecular formula is C21H28FN5O2S. The number of anilines is 1. The van der Waals surface area contributed by atoms with Crippen molar-refractivity contribution in [2.45, 2.75) is 63.7 Å². The summed E-state index contributed by atoms with van der Waals surface area (Å²) in [6.07, 6.45) is 4.64. The zero-order valence-corrected chi connectivity index (χ0v) is 18.2. The predicted octanol–water partition coefficient (Wildman–Crippen LogP) is 3.41. The molecule has 2 aromatic rings. The van der Waals surface area contributed by atoms with E-state index < -0.39 is 0 Å². The Labute approximate surface area is 180 Å². The summed E-state index contributed by atoms with van der Waals surface area (Å²) in [5, 5.41) is 14.8. The van der Waals surface area contributed by atoms with Crippen molar-refractivity contribution < 1.29 is 14.0 Å². The average molecular weight is 434 g/mol. The van der Waals surface area contributed by atoms with Crippen LogP contribution in [0.2, 0.25) is 0 Å². The van der Waals surface area contributed by atoms with Gasteiger partial charge < -0.3 is 15.2 Å². The van der Waals surface area contributed by atoms with Gasteiger partial charge in [-0.05, 0) is 49.9 Å². The van der Waals surface area contributed by atoms with Crippen LogP contribution in [0.3, 0.4) is 0 Å². The molecule has 1 aliphatic rings. The second-order valence-electron chi connectivity index (χ2n) is 7.60. The number of carbonyl (C=O) groups is 2. The molecule has 2 atom stereocenters. The van der Waals surface area contributed by atoms with Crippen LogP contribution in [-0.2, 0) is 22.6 Å². The Morgan fingerprint density at radius 2 is 1.90 bits per heavy atom. The predicted molar refractivity (Wildman–Crippen MR) is 115 cm³/mol. The topological polar surface area (TPSA) is 88.9 Å². The highest BCUT2D eigenvalue weighted by molar-refractivity contribution is 7.99. The smallest absolute Gasteiger partial charge is 0.232 e. The maximum absolute atomic E-state index is 13.0. The molecule has 162 valence electrons. The lowest BCUT2D eigenvalue weighted by molar-refractivity contribution is -0.120. The molecule has 9 heteroatoms. The Morgan fingerprint density at radius 3 is 2.60 bits per heavy atom. The minimum Gasteiger partial charge on any atom is -0.352 e. The van der Waals surface area contributed by atoms with Crippen molar-refractivity contribution in [2.24, 2.45) is 5.92 Å². The quantitative estimate of drug-likeness (QED) is 0.623. The normalized spacial score (nSPS) is 18.8. The second-order valence-corrected chi connectivity index (χ2v) is 8.54. The van der Waals surface area contributed by atoms with E-state index in [1.807, 2.05) is 11.5 Å². The van der Waals surface area contributed by atoms with Crippen molar-refractivity contribution in [3.8, 4) is 0 Å². The van der Waals surface area contributed by atoms with E-state index in [-0.39, 0.29) is 35.8 Å². The maximum Gasteiger partial charge on any atom is 0.232 e. The van der Waals surface area contributed by atoms with E-state index in [0.29, 0.717) is 29.1 Å². The molecule has 7 nitrogen and oxygen atoms in total. The molecule has 2 N–H and O–H groups in total. The van der Waals surface area contributed by atoms with Crippen LogP contribution in [0.4, 0.5) is 10.1 Å². The lowest BCUT2D eigenvalue weighted by atomic mass is 9.86. The molecule has 2 amide bonds. The van der Waals surface area contributed by atoms with E-state index >= 15 is 0 Å². The summed E-state index contributed by atoms with van der Waals surface area (Å²) in [6, 6.07) is 5.84. The number of rotatable bonds is 8. The zero-order chi connectivity index (χ0) is 21.5. The van der Waals surface area contributed by atoms with Crippen LogP contribution in [0.5, 0.6) is 0 Å². The Hall–Kier alpha value is -2.42. The number of benzene rings is 1. The molecule has 0 saturated heterocycles. The molecule has 0 bridgehead atoms. The molecule has 3 rings (SSSR count). The second kappa shape index (κ2) is 10.6. The van der Waals surface area contributed by atoms with Crippen molar-refractivity contribution in [2.75, 3.05) is 11.1 Å². The fourth-order valence-electron chi connectivity index (χ4n) is 3.67. The van der Waals surface area contributed by atoms with Gasteiger partial charge in [0.15, 0.2) is 5.16 Å². The van der Waals surface area contributed by atoms with E-state index in [0.717, 1.165) is 19.3 Å². The summed E-state index contributed by atoms with van der Waals surface area (Å²) in [5.41, 5.74) is 0.521. The summed E-state index contributed by atoms with van der Waals surface area (Å²) >= 11 is 1.33. The molecule has 0 radical (unpaired) electrons. The largest absolute Gasteiger partial charge is 0.352 e. The number of halogens is 1. The summed E-state index contributed by atoms with van der Waals surface area (Å²) in [5.74, 6) is 0.689. The monoisotopic (exact) mass is 433 g/mol. The van der Waals surface area contributed by atoms with Crippen LogP contribution in [0, 0.1) is 11.7 Å². The molecule has 1 aromatic heterocycles. The fraction of sp³-hybridized carbons (Fsp3) is 0.524. The maximum atomic E-state index is 13.0. The fourth-order valence-corrected chi connectivity index (χ4v) is 4.50. The number of nitrogens with zero attached hydrogens (tertiary/aromatic N) is 3. The van der Waals surface area contributed by atoms with Gasteiger partial charge in [0.2, 0.25) is 11.8 Å². The van der Waals surface area contributed by atoms with Crippen LogP contribution in [0.1, 0.15) is 45.4 Å². The molecule has 0 unspecified atom stereocenters. The summed E-state index contributed by atoms with van der Waals surface area (Å²) in [4.78, 5) is 24.7. The Balaban J connectivity index is 1.53. The first kappa shape index (κ1) is 22.3. The van der Waals surface area contributed by atoms with Crippen molar-refractivity contribution in [3.63, 3.8) is 0 Å². The van der Waals surface area contributed by atoms with Gasteiger partial charge in [0.25, 0.3) is 0 Å². The van der Waals surface area contributed by atoms with E-state index in [9.17, 15) is 14.0 Å². The van der Waals surface area contributed by atoms with Crippen molar-refractivity contribution in [3.05, 3.63) is 35.9 Å². The number of amides is 2. The summed E-state index contributed by atoms with van der Waals surface area (Å²) in [6.45, 7) is 4.72. The van der Waals surface area contributed by atoms with Gasteiger partial charge >= 0.3 is 0 Å². The standard InChI is InChI=1S/C21H28FN5O2S/c1-3-27-18(12-19(28)23-16-10-8-15(22)9-11-16)25-26-21(27)30-13-20(29)24-17-7-5-4-6-14(17)2/h8-11,14,17H,3-7,12-13H2,1-2H3,(H,23,28)(H,24,29)/t14-,17+/m0/s1. The molecule has 1 aliphatic carbocycles. The number of hydrogen-bond acceptors (Lipinski definition) is 5. The molecule has 0 aliphatic heterocycles. The molecule has 0 spiro atoms. The van der Waals surface area contributed by atoms with Crippen molar-refractivity contribution >= 4 is 29.3 Å². The van der Waals surface area contributed by atoms with Crippen molar-refractivity contribution in [1.29, 1.82) is 0 Å². The Bertz CT molecular complexity index is 871. The number of aromatic nitrogens is 3. The Morgan fingerprint density at radius 1 is 1.17 bits per heavy atom. The first-order valence-corrected chi connectivity index (χ1v) is 11.3. The van der Waals surface area contributed by atoms with Gasteiger partial charge in [-0.2, -0.15) is 0 Å². The molecule has 1 aromatic carbocycles. The van der Waals surface area contributed by atoms with Gasteiger partial charge in [-0.25, -0.2) is 4.39 Å². The number of nitrogens with one attached hydrogen (secondary N) is 2. The van der Waals surface area contributed by atoms with Crippen LogP contribution < -0.4 is 10.6 Å². The number of thioether (sulfide) groups is 1. The van der Waals surface area contributed by atoms with Crippen LogP contribution in [0.25, 0.3) is 0 Å². The van der Waals surface area contributed by atoms with Gasteiger partial charge in [-0.1, -0.05) is 31.5 Å². The van der Waals surface area contributed by atoms with Gasteiger partial charge in [0.1, 0.15) is 11.6 Å². The Kier molecular flexibility index (Phi) is 7.84. The third-order valence-electron chi connectivity index (χ3n) is 5.35. The highest BCUT2D eigenvalue weighted by Crippen LogP contribution is 2.24. The van der Waals surface area contributed by atoms with Gasteiger partial charge in [-0.3, -0.25) is 9.59 Å². The van der Waals surface area contributed by atoms with Crippen LogP contribution >= 0.6 is 11.8 Å². The van der Waals surface area contributed by atoms with Crippen molar-refractivity contribution in [1.82, 2.24) is 20.1 Å². The molecule has 1 fully saturated rings. The lowest BCUT2D eigenvalue weighted by Crippen LogP contribution is -2.41. The molecule has 1 heterocycles. The molecule has 1 saturated carbocycles. The first-order valence-electron chi connectivity index (χ1n) is 10.4. The summed E-state index contributed by atoms with van der Waals surface area (Å²) in [7, 11) is 0. The van der Waals surface area contributed by atoms with Gasteiger partial charge in [-0.15, -0.1) is 10.2 Å². The van der Waals surface area contributed by atoms with E-state index in [1.54, 1.807) is 0 Å². The van der Waals surface area contributed by atoms with Crippen LogP contribution in [-0.4, -0.2) is 38.4 Å². The average Bonchev–Trinajstić information content (AvgIpc) is 3.11. The first-order chi connectivity index (χ1) is 14.5. The highest BCUT2D eigenvalue weighted by Gasteiger charge is 2.23. The van der Waals surface area contributed by atoms with E-state index in [4.69, 9.17) is 0 Å². The third-order valence-corrected chi connectivity index (χ3v) is 6.31. The molecule has 30 heavy (non-hydrogen) atoms.